The van der Waals surface area contributed by atoms with E-state index in [1.807, 2.05) is 0 Å². The molecular formula is C6H20AlNO6P+. The molecule has 0 aromatic rings. The minimum absolute atomic E-state index is 0. The third-order valence-corrected chi connectivity index (χ3v) is 1.66. The maximum Gasteiger partial charge on any atom is 0.694 e. The topological polar surface area (TPSA) is 133 Å². The van der Waals surface area contributed by atoms with E-state index in [0.717, 1.165) is 0 Å². The highest BCUT2D eigenvalue weighted by atomic mass is 31.1. The number of rotatable bonds is 5. The van der Waals surface area contributed by atoms with Crippen molar-refractivity contribution >= 4 is 25.6 Å². The van der Waals surface area contributed by atoms with E-state index >= 15 is 0 Å². The SMILES string of the molecule is CCO[P+](=O)O.NC(CO)(CO)CO.[AlH3]. The van der Waals surface area contributed by atoms with Gasteiger partial charge in [0.15, 0.2) is 17.4 Å². The van der Waals surface area contributed by atoms with Crippen LogP contribution in [0.5, 0.6) is 0 Å². The Bertz CT molecular complexity index is 148. The minimum atomic E-state index is -2.35. The predicted octanol–water partition coefficient (Wildman–Crippen LogP) is -2.85. The van der Waals surface area contributed by atoms with E-state index in [0.29, 0.717) is 6.61 Å². The van der Waals surface area contributed by atoms with Gasteiger partial charge in [-0.1, -0.05) is 0 Å². The Morgan fingerprint density at radius 1 is 1.27 bits per heavy atom. The molecule has 0 aliphatic rings. The molecule has 6 N–H and O–H groups in total. The average Bonchev–Trinajstić information content (AvgIpc) is 2.17. The van der Waals surface area contributed by atoms with Gasteiger partial charge in [0.25, 0.3) is 0 Å². The van der Waals surface area contributed by atoms with Crippen molar-refractivity contribution in [2.75, 3.05) is 26.4 Å². The van der Waals surface area contributed by atoms with Crippen LogP contribution in [-0.2, 0) is 9.09 Å². The molecule has 0 aliphatic carbocycles. The fourth-order valence-electron chi connectivity index (χ4n) is 0.260. The molecule has 92 valence electrons. The summed E-state index contributed by atoms with van der Waals surface area (Å²) in [5.74, 6) is 0. The molecule has 0 radical (unpaired) electrons. The number of aliphatic hydroxyl groups is 3. The molecule has 0 saturated heterocycles. The Labute approximate surface area is 100.0 Å². The molecule has 0 fully saturated rings. The first-order valence-corrected chi connectivity index (χ1v) is 4.99. The molecule has 15 heavy (non-hydrogen) atoms. The van der Waals surface area contributed by atoms with E-state index in [1.165, 1.54) is 0 Å². The van der Waals surface area contributed by atoms with Crippen LogP contribution in [-0.4, -0.2) is 69.5 Å². The van der Waals surface area contributed by atoms with Crippen molar-refractivity contribution in [2.24, 2.45) is 5.73 Å². The van der Waals surface area contributed by atoms with Crippen LogP contribution in [0, 0.1) is 0 Å². The highest BCUT2D eigenvalue weighted by Crippen LogP contribution is 2.12. The fraction of sp³-hybridized carbons (Fsp3) is 1.00. The molecule has 0 rings (SSSR count). The summed E-state index contributed by atoms with van der Waals surface area (Å²) >= 11 is 0. The summed E-state index contributed by atoms with van der Waals surface area (Å²) in [5.41, 5.74) is 3.94. The summed E-state index contributed by atoms with van der Waals surface area (Å²) in [6.07, 6.45) is 0. The Morgan fingerprint density at radius 2 is 1.60 bits per heavy atom. The van der Waals surface area contributed by atoms with Crippen LogP contribution in [0.25, 0.3) is 0 Å². The Morgan fingerprint density at radius 3 is 1.60 bits per heavy atom. The molecule has 1 atom stereocenters. The summed E-state index contributed by atoms with van der Waals surface area (Å²) in [4.78, 5) is 7.84. The molecule has 0 amide bonds. The second-order valence-electron chi connectivity index (χ2n) is 2.49. The van der Waals surface area contributed by atoms with Crippen LogP contribution in [0.2, 0.25) is 0 Å². The number of hydrogen-bond acceptors (Lipinski definition) is 6. The van der Waals surface area contributed by atoms with Crippen molar-refractivity contribution in [3.8, 4) is 0 Å². The quantitative estimate of drug-likeness (QED) is 0.265. The number of aliphatic hydroxyl groups excluding tert-OH is 3. The number of hydrogen-bond donors (Lipinski definition) is 5. The molecule has 0 saturated carbocycles. The molecule has 1 unspecified atom stereocenters. The summed E-state index contributed by atoms with van der Waals surface area (Å²) in [6, 6.07) is 0. The van der Waals surface area contributed by atoms with Gasteiger partial charge in [0.05, 0.1) is 25.4 Å². The predicted molar refractivity (Wildman–Crippen MR) is 59.6 cm³/mol. The van der Waals surface area contributed by atoms with Gasteiger partial charge in [0, 0.05) is 4.57 Å². The van der Waals surface area contributed by atoms with Gasteiger partial charge < -0.3 is 21.1 Å². The second kappa shape index (κ2) is 12.5. The Hall–Kier alpha value is 0.392. The summed E-state index contributed by atoms with van der Waals surface area (Å²) in [5, 5.41) is 25.0. The van der Waals surface area contributed by atoms with Crippen LogP contribution >= 0.6 is 8.25 Å². The van der Waals surface area contributed by atoms with Crippen molar-refractivity contribution < 1.29 is 29.3 Å². The van der Waals surface area contributed by atoms with Crippen molar-refractivity contribution in [3.05, 3.63) is 0 Å². The fourth-order valence-corrected chi connectivity index (χ4v) is 0.481. The largest absolute Gasteiger partial charge is 0.694 e. The van der Waals surface area contributed by atoms with E-state index in [-0.39, 0.29) is 17.4 Å². The van der Waals surface area contributed by atoms with Crippen molar-refractivity contribution in [3.63, 3.8) is 0 Å². The normalized spacial score (nSPS) is 10.9. The third kappa shape index (κ3) is 14.4. The highest BCUT2D eigenvalue weighted by Gasteiger charge is 2.20. The molecule has 0 bridgehead atoms. The Kier molecular flexibility index (Phi) is 17.2. The van der Waals surface area contributed by atoms with E-state index in [2.05, 4.69) is 4.52 Å². The lowest BCUT2D eigenvalue weighted by Crippen LogP contribution is -2.50. The lowest BCUT2D eigenvalue weighted by atomic mass is 10.1. The first kappa shape index (κ1) is 20.8. The smallest absolute Gasteiger partial charge is 0.394 e. The lowest BCUT2D eigenvalue weighted by Gasteiger charge is -2.20. The summed E-state index contributed by atoms with van der Waals surface area (Å²) in [7, 11) is -2.35. The van der Waals surface area contributed by atoms with Gasteiger partial charge in [-0.05, 0) is 6.92 Å². The van der Waals surface area contributed by atoms with Crippen molar-refractivity contribution in [1.29, 1.82) is 0 Å². The average molecular weight is 260 g/mol. The lowest BCUT2D eigenvalue weighted by molar-refractivity contribution is 0.0697. The van der Waals surface area contributed by atoms with Gasteiger partial charge in [-0.15, -0.1) is 9.42 Å². The molecule has 0 aromatic carbocycles. The molecule has 7 nitrogen and oxygen atoms in total. The van der Waals surface area contributed by atoms with E-state index in [1.54, 1.807) is 6.92 Å². The van der Waals surface area contributed by atoms with Crippen LogP contribution < -0.4 is 5.73 Å². The van der Waals surface area contributed by atoms with Gasteiger partial charge in [-0.25, -0.2) is 0 Å². The maximum atomic E-state index is 9.53. The van der Waals surface area contributed by atoms with Gasteiger partial charge >= 0.3 is 8.25 Å². The molecule has 9 heteroatoms. The van der Waals surface area contributed by atoms with Crippen LogP contribution in [0.4, 0.5) is 0 Å². The zero-order valence-electron chi connectivity index (χ0n) is 7.96. The summed E-state index contributed by atoms with van der Waals surface area (Å²) in [6.45, 7) is 0.745. The highest BCUT2D eigenvalue weighted by molar-refractivity contribution is 7.32. The van der Waals surface area contributed by atoms with Crippen molar-refractivity contribution in [2.45, 2.75) is 12.5 Å². The number of nitrogens with two attached hydrogens (primary N) is 1. The molecule has 0 spiro atoms. The van der Waals surface area contributed by atoms with Crippen molar-refractivity contribution in [1.82, 2.24) is 0 Å². The Balaban J connectivity index is -0.000000187. The van der Waals surface area contributed by atoms with Gasteiger partial charge in [-0.3, -0.25) is 0 Å². The zero-order valence-corrected chi connectivity index (χ0v) is 8.85. The molecule has 0 aliphatic heterocycles. The van der Waals surface area contributed by atoms with E-state index in [9.17, 15) is 4.57 Å². The van der Waals surface area contributed by atoms with Gasteiger partial charge in [0.2, 0.25) is 0 Å². The molecule has 0 aromatic heterocycles. The van der Waals surface area contributed by atoms with Crippen LogP contribution in [0.15, 0.2) is 0 Å². The van der Waals surface area contributed by atoms with Crippen LogP contribution in [0.3, 0.4) is 0 Å². The van der Waals surface area contributed by atoms with Gasteiger partial charge in [-0.2, -0.15) is 0 Å². The molecular weight excluding hydrogens is 240 g/mol. The maximum absolute atomic E-state index is 9.53. The summed E-state index contributed by atoms with van der Waals surface area (Å²) < 4.78 is 13.6. The second-order valence-corrected chi connectivity index (χ2v) is 3.23. The first-order valence-electron chi connectivity index (χ1n) is 3.86. The third-order valence-electron chi connectivity index (χ3n) is 1.18. The van der Waals surface area contributed by atoms with E-state index in [4.69, 9.17) is 25.9 Å². The first-order chi connectivity index (χ1) is 6.45. The monoisotopic (exact) mass is 260 g/mol. The standard InChI is InChI=1S/C4H11NO3.C2H5O3P.Al.3H/c5-4(1-6,2-7)3-8;1-2-5-6(3)4;;;;/h6-8H,1-3,5H2;2H2,1H3;;;;/p+1. The van der Waals surface area contributed by atoms with Crippen LogP contribution in [0.1, 0.15) is 6.92 Å². The minimum Gasteiger partial charge on any atom is -0.394 e. The molecule has 0 heterocycles. The van der Waals surface area contributed by atoms with Gasteiger partial charge in [0.1, 0.15) is 6.61 Å². The zero-order chi connectivity index (χ0) is 11.6. The van der Waals surface area contributed by atoms with E-state index < -0.39 is 33.6 Å².